The molecule has 0 aromatic heterocycles. The minimum atomic E-state index is -0.671. The van der Waals surface area contributed by atoms with Crippen LogP contribution in [0.4, 0.5) is 14.5 Å². The number of halogens is 2. The van der Waals surface area contributed by atoms with E-state index in [1.807, 2.05) is 0 Å². The second-order valence-corrected chi connectivity index (χ2v) is 4.25. The molecule has 0 atom stereocenters. The van der Waals surface area contributed by atoms with Crippen molar-refractivity contribution in [2.24, 2.45) is 0 Å². The molecule has 0 saturated heterocycles. The van der Waals surface area contributed by atoms with Crippen LogP contribution in [0, 0.1) is 21.7 Å². The van der Waals surface area contributed by atoms with Gasteiger partial charge in [-0.1, -0.05) is 0 Å². The Kier molecular flexibility index (Phi) is 4.44. The highest BCUT2D eigenvalue weighted by atomic mass is 19.1. The lowest BCUT2D eigenvalue weighted by atomic mass is 10.2. The van der Waals surface area contributed by atoms with Gasteiger partial charge in [-0.25, -0.2) is 8.78 Å². The molecule has 0 radical (unpaired) electrons. The Morgan fingerprint density at radius 3 is 2.48 bits per heavy atom. The van der Waals surface area contributed by atoms with Crippen molar-refractivity contribution in [3.05, 3.63) is 63.7 Å². The maximum atomic E-state index is 13.3. The molecule has 0 spiro atoms. The van der Waals surface area contributed by atoms with Crippen molar-refractivity contribution in [1.82, 2.24) is 5.32 Å². The van der Waals surface area contributed by atoms with Gasteiger partial charge in [-0.15, -0.1) is 0 Å². The summed E-state index contributed by atoms with van der Waals surface area (Å²) in [6.07, 6.45) is 0. The van der Waals surface area contributed by atoms with Crippen LogP contribution < -0.4 is 10.1 Å². The molecule has 2 aromatic rings. The highest BCUT2D eigenvalue weighted by molar-refractivity contribution is 5.49. The topological polar surface area (TPSA) is 64.4 Å². The summed E-state index contributed by atoms with van der Waals surface area (Å²) >= 11 is 0. The summed E-state index contributed by atoms with van der Waals surface area (Å²) in [5, 5.41) is 13.8. The van der Waals surface area contributed by atoms with Crippen LogP contribution in [0.2, 0.25) is 0 Å². The van der Waals surface area contributed by atoms with E-state index in [9.17, 15) is 18.9 Å². The van der Waals surface area contributed by atoms with Gasteiger partial charge in [-0.05, 0) is 31.3 Å². The summed E-state index contributed by atoms with van der Waals surface area (Å²) in [6.45, 7) is 0.302. The first-order valence-electron chi connectivity index (χ1n) is 6.06. The molecule has 0 saturated carbocycles. The van der Waals surface area contributed by atoms with Crippen molar-refractivity contribution >= 4 is 5.69 Å². The van der Waals surface area contributed by atoms with Crippen molar-refractivity contribution in [1.29, 1.82) is 0 Å². The zero-order valence-electron chi connectivity index (χ0n) is 11.1. The van der Waals surface area contributed by atoms with Gasteiger partial charge in [0.15, 0.2) is 0 Å². The van der Waals surface area contributed by atoms with Gasteiger partial charge in [0, 0.05) is 24.2 Å². The maximum Gasteiger partial charge on any atom is 0.311 e. The molecule has 21 heavy (non-hydrogen) atoms. The normalized spacial score (nSPS) is 10.4. The Labute approximate surface area is 119 Å². The van der Waals surface area contributed by atoms with Crippen molar-refractivity contribution in [3.8, 4) is 11.5 Å². The number of ether oxygens (including phenoxy) is 1. The van der Waals surface area contributed by atoms with Crippen LogP contribution in [0.1, 0.15) is 5.56 Å². The summed E-state index contributed by atoms with van der Waals surface area (Å²) < 4.78 is 31.9. The first-order valence-corrected chi connectivity index (χ1v) is 6.06. The second kappa shape index (κ2) is 6.27. The molecule has 7 heteroatoms. The minimum Gasteiger partial charge on any atom is -0.450 e. The smallest absolute Gasteiger partial charge is 0.311 e. The molecule has 0 aliphatic heterocycles. The third-order valence-corrected chi connectivity index (χ3v) is 2.73. The highest BCUT2D eigenvalue weighted by Gasteiger charge is 2.18. The van der Waals surface area contributed by atoms with Crippen LogP contribution in [0.15, 0.2) is 36.4 Å². The van der Waals surface area contributed by atoms with Crippen molar-refractivity contribution in [3.63, 3.8) is 0 Å². The van der Waals surface area contributed by atoms with E-state index in [2.05, 4.69) is 5.32 Å². The maximum absolute atomic E-state index is 13.3. The molecule has 0 unspecified atom stereocenters. The van der Waals surface area contributed by atoms with Crippen molar-refractivity contribution in [2.45, 2.75) is 6.54 Å². The van der Waals surface area contributed by atoms with E-state index < -0.39 is 16.6 Å². The molecule has 0 aliphatic carbocycles. The molecule has 0 heterocycles. The quantitative estimate of drug-likeness (QED) is 0.678. The first-order chi connectivity index (χ1) is 10.0. The number of rotatable bonds is 5. The van der Waals surface area contributed by atoms with Gasteiger partial charge >= 0.3 is 5.69 Å². The first kappa shape index (κ1) is 14.9. The average molecular weight is 294 g/mol. The molecular formula is C14H12F2N2O3. The minimum absolute atomic E-state index is 0.222. The van der Waals surface area contributed by atoms with Gasteiger partial charge < -0.3 is 10.1 Å². The number of nitro groups is 1. The van der Waals surface area contributed by atoms with Gasteiger partial charge in [0.25, 0.3) is 0 Å². The van der Waals surface area contributed by atoms with E-state index in [0.717, 1.165) is 18.2 Å². The summed E-state index contributed by atoms with van der Waals surface area (Å²) in [5.41, 5.74) is 0.104. The highest BCUT2D eigenvalue weighted by Crippen LogP contribution is 2.33. The largest absolute Gasteiger partial charge is 0.450 e. The van der Waals surface area contributed by atoms with Crippen LogP contribution >= 0.6 is 0 Å². The lowest BCUT2D eigenvalue weighted by Crippen LogP contribution is -2.07. The SMILES string of the molecule is CNCc1cc(F)ccc1Oc1cc(F)ccc1[N+](=O)[O-]. The average Bonchev–Trinajstić information content (AvgIpc) is 2.42. The van der Waals surface area contributed by atoms with Gasteiger partial charge in [-0.2, -0.15) is 0 Å². The van der Waals surface area contributed by atoms with Crippen LogP contribution in [-0.2, 0) is 6.54 Å². The van der Waals surface area contributed by atoms with Crippen molar-refractivity contribution in [2.75, 3.05) is 7.05 Å². The second-order valence-electron chi connectivity index (χ2n) is 4.25. The third-order valence-electron chi connectivity index (χ3n) is 2.73. The Morgan fingerprint density at radius 1 is 1.14 bits per heavy atom. The Balaban J connectivity index is 2.42. The van der Waals surface area contributed by atoms with Crippen LogP contribution in [0.25, 0.3) is 0 Å². The monoisotopic (exact) mass is 294 g/mol. The van der Waals surface area contributed by atoms with E-state index in [1.165, 1.54) is 18.2 Å². The molecular weight excluding hydrogens is 282 g/mol. The van der Waals surface area contributed by atoms with E-state index in [0.29, 0.717) is 12.1 Å². The molecule has 1 N–H and O–H groups in total. The summed E-state index contributed by atoms with van der Waals surface area (Å²) in [6, 6.07) is 6.67. The number of hydrogen-bond acceptors (Lipinski definition) is 4. The third kappa shape index (κ3) is 3.51. The fourth-order valence-corrected chi connectivity index (χ4v) is 1.82. The molecule has 2 rings (SSSR count). The molecule has 110 valence electrons. The van der Waals surface area contributed by atoms with Gasteiger partial charge in [0.1, 0.15) is 17.4 Å². The fourth-order valence-electron chi connectivity index (χ4n) is 1.82. The number of hydrogen-bond donors (Lipinski definition) is 1. The number of nitro benzene ring substituents is 1. The zero-order chi connectivity index (χ0) is 15.4. The lowest BCUT2D eigenvalue weighted by molar-refractivity contribution is -0.385. The van der Waals surface area contributed by atoms with Gasteiger partial charge in [0.2, 0.25) is 5.75 Å². The van der Waals surface area contributed by atoms with Crippen LogP contribution in [-0.4, -0.2) is 12.0 Å². The fraction of sp³-hybridized carbons (Fsp3) is 0.143. The predicted molar refractivity (Wildman–Crippen MR) is 72.3 cm³/mol. The number of benzene rings is 2. The van der Waals surface area contributed by atoms with Gasteiger partial charge in [0.05, 0.1) is 4.92 Å². The Bertz CT molecular complexity index is 677. The van der Waals surface area contributed by atoms with E-state index >= 15 is 0 Å². The number of nitrogens with zero attached hydrogens (tertiary/aromatic N) is 1. The van der Waals surface area contributed by atoms with E-state index in [-0.39, 0.29) is 17.2 Å². The molecule has 0 amide bonds. The summed E-state index contributed by atoms with van der Waals surface area (Å²) in [7, 11) is 1.67. The van der Waals surface area contributed by atoms with Crippen LogP contribution in [0.5, 0.6) is 11.5 Å². The van der Waals surface area contributed by atoms with E-state index in [4.69, 9.17) is 4.74 Å². The molecule has 0 aliphatic rings. The molecule has 2 aromatic carbocycles. The number of nitrogens with one attached hydrogen (secondary N) is 1. The molecule has 0 fully saturated rings. The van der Waals surface area contributed by atoms with E-state index in [1.54, 1.807) is 7.05 Å². The predicted octanol–water partition coefficient (Wildman–Crippen LogP) is 3.38. The zero-order valence-corrected chi connectivity index (χ0v) is 11.1. The molecule has 5 nitrogen and oxygen atoms in total. The Morgan fingerprint density at radius 2 is 1.81 bits per heavy atom. The van der Waals surface area contributed by atoms with Crippen molar-refractivity contribution < 1.29 is 18.4 Å². The van der Waals surface area contributed by atoms with Gasteiger partial charge in [-0.3, -0.25) is 10.1 Å². The molecule has 0 bridgehead atoms. The Hall–Kier alpha value is -2.54. The standard InChI is InChI=1S/C14H12F2N2O3/c1-17-8-9-6-10(15)3-5-13(9)21-14-7-11(16)2-4-12(14)18(19)20/h2-7,17H,8H2,1H3. The summed E-state index contributed by atoms with van der Waals surface area (Å²) in [4.78, 5) is 10.2. The van der Waals surface area contributed by atoms with Crippen LogP contribution in [0.3, 0.4) is 0 Å². The summed E-state index contributed by atoms with van der Waals surface area (Å²) in [5.74, 6) is -1.13. The lowest BCUT2D eigenvalue weighted by Gasteiger charge is -2.11.